The summed E-state index contributed by atoms with van der Waals surface area (Å²) >= 11 is 1.17. The van der Waals surface area contributed by atoms with Crippen LogP contribution in [0.5, 0.6) is 0 Å². The monoisotopic (exact) mass is 487 g/mol. The maximum atomic E-state index is 12.7. The Hall–Kier alpha value is -3.65. The number of aryl methyl sites for hydroxylation is 1. The largest absolute Gasteiger partial charge is 0.465 e. The van der Waals surface area contributed by atoms with Gasteiger partial charge in [0, 0.05) is 11.9 Å². The predicted octanol–water partition coefficient (Wildman–Crippen LogP) is 1.08. The number of nitrogens with zero attached hydrogens (tertiary/aromatic N) is 6. The molecule has 0 atom stereocenters. The molecule has 0 saturated carbocycles. The number of fused-ring (bicyclic) bond motifs is 1. The number of tetrazole rings is 1. The van der Waals surface area contributed by atoms with Crippen LogP contribution < -0.4 is 5.56 Å². The average molecular weight is 488 g/mol. The SMILES string of the molecule is COC(=O)c1cc(C)nc2nc(SCc3nnnn3-c3ccc(S(C)(=O)=O)cc3)[nH]c(=O)c12. The second-order valence-electron chi connectivity index (χ2n) is 6.93. The molecule has 1 N–H and O–H groups in total. The van der Waals surface area contributed by atoms with Crippen LogP contribution in [0.1, 0.15) is 21.9 Å². The number of aromatic nitrogens is 7. The molecule has 0 aliphatic carbocycles. The lowest BCUT2D eigenvalue weighted by Gasteiger charge is -2.07. The van der Waals surface area contributed by atoms with E-state index >= 15 is 0 Å². The first-order chi connectivity index (χ1) is 15.7. The number of nitrogens with one attached hydrogen (secondary N) is 1. The zero-order valence-electron chi connectivity index (χ0n) is 17.6. The fourth-order valence-corrected chi connectivity index (χ4v) is 4.44. The molecule has 0 radical (unpaired) electrons. The molecule has 0 unspecified atom stereocenters. The van der Waals surface area contributed by atoms with Crippen molar-refractivity contribution in [2.45, 2.75) is 22.7 Å². The number of carbonyl (C=O) groups excluding carboxylic acids is 1. The summed E-state index contributed by atoms with van der Waals surface area (Å²) in [6.45, 7) is 1.69. The molecule has 3 heterocycles. The highest BCUT2D eigenvalue weighted by atomic mass is 32.2. The van der Waals surface area contributed by atoms with Gasteiger partial charge in [-0.1, -0.05) is 11.8 Å². The molecular formula is C19H17N7O5S2. The lowest BCUT2D eigenvalue weighted by atomic mass is 10.1. The standard InChI is InChI=1S/C19H17N7O5S2/c1-10-8-13(18(28)31-2)15-16(20-10)21-19(22-17(15)27)32-9-14-23-24-25-26(14)11-4-6-12(7-5-11)33(3,29)30/h4-8H,9H2,1-3H3,(H,20,21,22,27). The fraction of sp³-hybridized carbons (Fsp3) is 0.211. The lowest BCUT2D eigenvalue weighted by molar-refractivity contribution is 0.0602. The number of H-pyrrole nitrogens is 1. The van der Waals surface area contributed by atoms with Gasteiger partial charge in [-0.05, 0) is 47.7 Å². The molecule has 0 aliphatic heterocycles. The number of ether oxygens (including phenoxy) is 1. The summed E-state index contributed by atoms with van der Waals surface area (Å²) in [4.78, 5) is 36.2. The number of aromatic amines is 1. The van der Waals surface area contributed by atoms with Crippen LogP contribution in [0.3, 0.4) is 0 Å². The van der Waals surface area contributed by atoms with E-state index in [-0.39, 0.29) is 32.4 Å². The van der Waals surface area contributed by atoms with E-state index in [1.807, 2.05) is 0 Å². The summed E-state index contributed by atoms with van der Waals surface area (Å²) in [6.07, 6.45) is 1.13. The smallest absolute Gasteiger partial charge is 0.338 e. The number of methoxy groups -OCH3 is 1. The van der Waals surface area contributed by atoms with Gasteiger partial charge in [0.2, 0.25) is 0 Å². The van der Waals surface area contributed by atoms with Crippen LogP contribution in [0, 0.1) is 6.92 Å². The number of hydrogen-bond donors (Lipinski definition) is 1. The van der Waals surface area contributed by atoms with E-state index in [9.17, 15) is 18.0 Å². The van der Waals surface area contributed by atoms with Crippen molar-refractivity contribution in [3.8, 4) is 5.69 Å². The van der Waals surface area contributed by atoms with Crippen molar-refractivity contribution in [1.82, 2.24) is 35.2 Å². The first-order valence-corrected chi connectivity index (χ1v) is 12.3. The van der Waals surface area contributed by atoms with E-state index in [4.69, 9.17) is 4.74 Å². The Balaban J connectivity index is 1.62. The van der Waals surface area contributed by atoms with Crippen LogP contribution in [0.4, 0.5) is 0 Å². The minimum Gasteiger partial charge on any atom is -0.465 e. The summed E-state index contributed by atoms with van der Waals surface area (Å²) in [6, 6.07) is 7.61. The number of esters is 1. The highest BCUT2D eigenvalue weighted by molar-refractivity contribution is 7.98. The second-order valence-corrected chi connectivity index (χ2v) is 9.91. The minimum absolute atomic E-state index is 0.0487. The van der Waals surface area contributed by atoms with Crippen LogP contribution in [0.15, 0.2) is 45.2 Å². The molecule has 4 aromatic rings. The third kappa shape index (κ3) is 4.61. The van der Waals surface area contributed by atoms with E-state index in [0.717, 1.165) is 6.26 Å². The molecule has 14 heteroatoms. The Labute approximate surface area is 191 Å². The molecule has 3 aromatic heterocycles. The lowest BCUT2D eigenvalue weighted by Crippen LogP contribution is -2.16. The fourth-order valence-electron chi connectivity index (χ4n) is 3.05. The summed E-state index contributed by atoms with van der Waals surface area (Å²) in [5, 5.41) is 11.9. The Morgan fingerprint density at radius 1 is 1.21 bits per heavy atom. The van der Waals surface area contributed by atoms with Crippen LogP contribution in [0.25, 0.3) is 16.7 Å². The summed E-state index contributed by atoms with van der Waals surface area (Å²) in [5.41, 5.74) is 0.775. The maximum Gasteiger partial charge on any atom is 0.338 e. The normalized spacial score (nSPS) is 11.6. The molecular weight excluding hydrogens is 470 g/mol. The van der Waals surface area contributed by atoms with Gasteiger partial charge in [0.15, 0.2) is 26.5 Å². The van der Waals surface area contributed by atoms with E-state index < -0.39 is 21.4 Å². The minimum atomic E-state index is -3.32. The number of benzene rings is 1. The number of rotatable bonds is 6. The third-order valence-electron chi connectivity index (χ3n) is 4.57. The van der Waals surface area contributed by atoms with Gasteiger partial charge in [0.05, 0.1) is 34.4 Å². The van der Waals surface area contributed by atoms with Crippen LogP contribution in [-0.4, -0.2) is 62.9 Å². The highest BCUT2D eigenvalue weighted by Crippen LogP contribution is 2.22. The van der Waals surface area contributed by atoms with Gasteiger partial charge < -0.3 is 9.72 Å². The molecule has 0 spiro atoms. The Kier molecular flexibility index (Phi) is 5.95. The van der Waals surface area contributed by atoms with Gasteiger partial charge in [-0.3, -0.25) is 4.79 Å². The van der Waals surface area contributed by atoms with Crippen molar-refractivity contribution < 1.29 is 17.9 Å². The first kappa shape index (κ1) is 22.5. The van der Waals surface area contributed by atoms with E-state index in [1.54, 1.807) is 19.1 Å². The third-order valence-corrected chi connectivity index (χ3v) is 6.57. The molecule has 0 bridgehead atoms. The van der Waals surface area contributed by atoms with Crippen LogP contribution in [0.2, 0.25) is 0 Å². The van der Waals surface area contributed by atoms with Gasteiger partial charge in [-0.2, -0.15) is 4.68 Å². The summed E-state index contributed by atoms with van der Waals surface area (Å²) < 4.78 is 29.5. The van der Waals surface area contributed by atoms with E-state index in [0.29, 0.717) is 17.2 Å². The number of carbonyl (C=O) groups is 1. The van der Waals surface area contributed by atoms with Crippen molar-refractivity contribution in [3.63, 3.8) is 0 Å². The van der Waals surface area contributed by atoms with Crippen molar-refractivity contribution >= 4 is 38.6 Å². The zero-order valence-corrected chi connectivity index (χ0v) is 19.3. The van der Waals surface area contributed by atoms with Gasteiger partial charge in [-0.25, -0.2) is 23.2 Å². The first-order valence-electron chi connectivity index (χ1n) is 9.38. The second kappa shape index (κ2) is 8.71. The molecule has 1 aromatic carbocycles. The van der Waals surface area contributed by atoms with E-state index in [2.05, 4.69) is 30.5 Å². The van der Waals surface area contributed by atoms with Gasteiger partial charge >= 0.3 is 5.97 Å². The van der Waals surface area contributed by atoms with Crippen LogP contribution >= 0.6 is 11.8 Å². The van der Waals surface area contributed by atoms with Gasteiger partial charge in [0.25, 0.3) is 5.56 Å². The van der Waals surface area contributed by atoms with Crippen molar-refractivity contribution in [1.29, 1.82) is 0 Å². The Morgan fingerprint density at radius 2 is 1.94 bits per heavy atom. The Bertz CT molecular complexity index is 1530. The number of sulfone groups is 1. The average Bonchev–Trinajstić information content (AvgIpc) is 3.24. The number of hydrogen-bond acceptors (Lipinski definition) is 11. The van der Waals surface area contributed by atoms with Crippen molar-refractivity contribution in [2.24, 2.45) is 0 Å². The molecule has 12 nitrogen and oxygen atoms in total. The molecule has 0 amide bonds. The summed E-state index contributed by atoms with van der Waals surface area (Å²) in [7, 11) is -2.09. The zero-order chi connectivity index (χ0) is 23.8. The van der Waals surface area contributed by atoms with Crippen LogP contribution in [-0.2, 0) is 20.3 Å². The summed E-state index contributed by atoms with van der Waals surface area (Å²) in [5.74, 6) is 0.0341. The number of pyridine rings is 1. The van der Waals surface area contributed by atoms with Crippen molar-refractivity contribution in [3.05, 3.63) is 57.8 Å². The molecule has 0 saturated heterocycles. The molecule has 0 aliphatic rings. The Morgan fingerprint density at radius 3 is 2.61 bits per heavy atom. The van der Waals surface area contributed by atoms with E-state index in [1.165, 1.54) is 41.8 Å². The molecule has 0 fully saturated rings. The molecule has 4 rings (SSSR count). The maximum absolute atomic E-state index is 12.7. The molecule has 170 valence electrons. The molecule has 33 heavy (non-hydrogen) atoms. The number of thioether (sulfide) groups is 1. The predicted molar refractivity (Wildman–Crippen MR) is 118 cm³/mol. The topological polar surface area (TPSA) is 163 Å². The highest BCUT2D eigenvalue weighted by Gasteiger charge is 2.18. The van der Waals surface area contributed by atoms with Gasteiger partial charge in [-0.15, -0.1) is 5.10 Å². The van der Waals surface area contributed by atoms with Crippen molar-refractivity contribution in [2.75, 3.05) is 13.4 Å². The quantitative estimate of drug-likeness (QED) is 0.235. The van der Waals surface area contributed by atoms with Gasteiger partial charge in [0.1, 0.15) is 0 Å².